The summed E-state index contributed by atoms with van der Waals surface area (Å²) in [5.74, 6) is 1.24. The monoisotopic (exact) mass is 528 g/mol. The summed E-state index contributed by atoms with van der Waals surface area (Å²) in [4.78, 5) is 26.2. The lowest BCUT2D eigenvalue weighted by atomic mass is 10.0. The van der Waals surface area contributed by atoms with Gasteiger partial charge in [0.1, 0.15) is 5.76 Å². The molecular formula is C26H30N3O7S-. The van der Waals surface area contributed by atoms with Gasteiger partial charge in [-0.3, -0.25) is 9.00 Å². The van der Waals surface area contributed by atoms with Crippen LogP contribution in [0.15, 0.2) is 34.7 Å². The second kappa shape index (κ2) is 11.4. The lowest BCUT2D eigenvalue weighted by Crippen LogP contribution is -2.28. The van der Waals surface area contributed by atoms with Crippen LogP contribution in [0.2, 0.25) is 0 Å². The average molecular weight is 529 g/mol. The maximum atomic E-state index is 12.9. The highest BCUT2D eigenvalue weighted by molar-refractivity contribution is 7.76. The Morgan fingerprint density at radius 2 is 1.84 bits per heavy atom. The van der Waals surface area contributed by atoms with Crippen molar-refractivity contribution in [1.29, 1.82) is 0 Å². The maximum absolute atomic E-state index is 12.9. The van der Waals surface area contributed by atoms with Gasteiger partial charge in [-0.25, -0.2) is 14.1 Å². The number of furan rings is 1. The molecule has 10 nitrogen and oxygen atoms in total. The Morgan fingerprint density at radius 3 is 2.38 bits per heavy atom. The summed E-state index contributed by atoms with van der Waals surface area (Å²) in [5.41, 5.74) is 4.49. The minimum atomic E-state index is -2.32. The summed E-state index contributed by atoms with van der Waals surface area (Å²) in [6.07, 6.45) is 3.51. The predicted molar refractivity (Wildman–Crippen MR) is 137 cm³/mol. The van der Waals surface area contributed by atoms with Crippen LogP contribution in [0, 0.1) is 12.8 Å². The van der Waals surface area contributed by atoms with E-state index in [1.165, 1.54) is 17.1 Å². The number of benzene rings is 1. The van der Waals surface area contributed by atoms with Gasteiger partial charge in [0, 0.05) is 30.4 Å². The number of carbonyl (C=O) groups excluding carboxylic acids is 1. The summed E-state index contributed by atoms with van der Waals surface area (Å²) >= 11 is -2.32. The largest absolute Gasteiger partial charge is 0.760 e. The number of hydrogen-bond acceptors (Lipinski definition) is 6. The van der Waals surface area contributed by atoms with E-state index in [2.05, 4.69) is 5.32 Å². The number of aromatic nitrogens is 1. The highest BCUT2D eigenvalue weighted by Crippen LogP contribution is 2.44. The van der Waals surface area contributed by atoms with Crippen molar-refractivity contribution in [2.24, 2.45) is 5.92 Å². The zero-order chi connectivity index (χ0) is 26.7. The molecule has 0 bridgehead atoms. The first-order chi connectivity index (χ1) is 17.7. The molecule has 37 heavy (non-hydrogen) atoms. The molecular weight excluding hydrogens is 498 g/mol. The van der Waals surface area contributed by atoms with Crippen LogP contribution >= 0.6 is 0 Å². The topological polar surface area (TPSA) is 156 Å². The van der Waals surface area contributed by atoms with E-state index in [9.17, 15) is 13.6 Å². The number of fused-ring (bicyclic) bond motifs is 1. The van der Waals surface area contributed by atoms with Gasteiger partial charge in [0.2, 0.25) is 5.71 Å². The van der Waals surface area contributed by atoms with Gasteiger partial charge < -0.3 is 24.5 Å². The van der Waals surface area contributed by atoms with Gasteiger partial charge >= 0.3 is 6.16 Å². The minimum Gasteiger partial charge on any atom is -0.760 e. The Kier molecular flexibility index (Phi) is 8.25. The first kappa shape index (κ1) is 26.8. The van der Waals surface area contributed by atoms with Crippen LogP contribution in [0.3, 0.4) is 0 Å². The van der Waals surface area contributed by atoms with Gasteiger partial charge in [0.15, 0.2) is 0 Å². The SMILES string of the molecule is CNC(=O)c1c(-c2ccc(C)cc2)oc2nc(CN(CCC3CC3)S(=O)[O-])c(C3CC3)cc12.O=C(O)O. The fraction of sp³-hybridized carbons (Fsp3) is 0.423. The van der Waals surface area contributed by atoms with E-state index in [0.29, 0.717) is 40.8 Å². The molecule has 0 spiro atoms. The standard InChI is InChI=1S/C25H29N3O4S.CH2O3/c1-15-3-7-18(8-4-15)23-22(24(29)26-2)20-13-19(17-9-10-17)21(27-25(20)32-23)14-28(33(30)31)12-11-16-5-6-16;2-1(3)4/h3-4,7-8,13,16-17H,5-6,9-12,14H2,1-2H3,(H,26,29)(H,30,31);(H2,2,3,4)/p-1. The summed E-state index contributed by atoms with van der Waals surface area (Å²) in [6, 6.07) is 9.82. The Hall–Kier alpha value is -3.28. The number of carboxylic acid groups (broad SMARTS) is 2. The molecule has 11 heteroatoms. The van der Waals surface area contributed by atoms with Gasteiger partial charge in [-0.2, -0.15) is 0 Å². The van der Waals surface area contributed by atoms with Crippen LogP contribution < -0.4 is 5.32 Å². The van der Waals surface area contributed by atoms with Crippen molar-refractivity contribution in [3.8, 4) is 11.3 Å². The van der Waals surface area contributed by atoms with Crippen molar-refractivity contribution in [1.82, 2.24) is 14.6 Å². The van der Waals surface area contributed by atoms with Gasteiger partial charge in [0.05, 0.1) is 23.2 Å². The predicted octanol–water partition coefficient (Wildman–Crippen LogP) is 4.66. The number of amides is 1. The molecule has 3 N–H and O–H groups in total. The lowest BCUT2D eigenvalue weighted by Gasteiger charge is -2.24. The molecule has 0 saturated heterocycles. The Morgan fingerprint density at radius 1 is 1.19 bits per heavy atom. The maximum Gasteiger partial charge on any atom is 0.503 e. The first-order valence-corrected chi connectivity index (χ1v) is 13.2. The van der Waals surface area contributed by atoms with E-state index in [1.807, 2.05) is 37.3 Å². The number of nitrogens with one attached hydrogen (secondary N) is 1. The fourth-order valence-corrected chi connectivity index (χ4v) is 4.80. The van der Waals surface area contributed by atoms with Crippen molar-refractivity contribution >= 4 is 34.4 Å². The van der Waals surface area contributed by atoms with Crippen LogP contribution in [-0.4, -0.2) is 53.9 Å². The molecule has 2 heterocycles. The summed E-state index contributed by atoms with van der Waals surface area (Å²) in [6.45, 7) is 2.73. The van der Waals surface area contributed by atoms with E-state index in [0.717, 1.165) is 41.6 Å². The third kappa shape index (κ3) is 6.73. The van der Waals surface area contributed by atoms with E-state index >= 15 is 0 Å². The molecule has 5 rings (SSSR count). The number of pyridine rings is 1. The highest BCUT2D eigenvalue weighted by atomic mass is 32.2. The minimum absolute atomic E-state index is 0.223. The molecule has 0 radical (unpaired) electrons. The number of carbonyl (C=O) groups is 2. The number of nitrogens with zero attached hydrogens (tertiary/aromatic N) is 2. The van der Waals surface area contributed by atoms with Crippen LogP contribution in [0.1, 0.15) is 65.2 Å². The molecule has 2 aromatic heterocycles. The Labute approximate surface area is 217 Å². The molecule has 1 unspecified atom stereocenters. The number of hydrogen-bond donors (Lipinski definition) is 3. The molecule has 2 aliphatic rings. The lowest BCUT2D eigenvalue weighted by molar-refractivity contribution is 0.0964. The Balaban J connectivity index is 0.000000747. The number of rotatable bonds is 9. The van der Waals surface area contributed by atoms with Crippen LogP contribution in [0.25, 0.3) is 22.4 Å². The van der Waals surface area contributed by atoms with E-state index in [-0.39, 0.29) is 12.5 Å². The van der Waals surface area contributed by atoms with Crippen molar-refractivity contribution in [3.05, 3.63) is 52.7 Å². The average Bonchev–Trinajstić information content (AvgIpc) is 3.78. The smallest absolute Gasteiger partial charge is 0.503 e. The molecule has 1 atom stereocenters. The third-order valence-electron chi connectivity index (χ3n) is 6.60. The quantitative estimate of drug-likeness (QED) is 0.339. The van der Waals surface area contributed by atoms with Crippen molar-refractivity contribution in [2.75, 3.05) is 13.6 Å². The summed E-state index contributed by atoms with van der Waals surface area (Å²) in [7, 11) is 1.60. The van der Waals surface area contributed by atoms with Gasteiger partial charge in [-0.05, 0) is 49.7 Å². The van der Waals surface area contributed by atoms with Gasteiger partial charge in [-0.15, -0.1) is 0 Å². The molecule has 198 valence electrons. The number of aryl methyl sites for hydroxylation is 1. The van der Waals surface area contributed by atoms with Crippen molar-refractivity contribution in [2.45, 2.75) is 51.5 Å². The van der Waals surface area contributed by atoms with Crippen molar-refractivity contribution in [3.63, 3.8) is 0 Å². The normalized spacial score (nSPS) is 15.8. The molecule has 0 aliphatic heterocycles. The zero-order valence-electron chi connectivity index (χ0n) is 20.7. The van der Waals surface area contributed by atoms with Gasteiger partial charge in [-0.1, -0.05) is 42.7 Å². The second-order valence-corrected chi connectivity index (χ2v) is 10.4. The van der Waals surface area contributed by atoms with Crippen LogP contribution in [-0.2, 0) is 17.8 Å². The first-order valence-electron chi connectivity index (χ1n) is 12.2. The van der Waals surface area contributed by atoms with Gasteiger partial charge in [0.25, 0.3) is 5.91 Å². The third-order valence-corrected chi connectivity index (χ3v) is 7.33. The summed E-state index contributed by atoms with van der Waals surface area (Å²) < 4.78 is 31.4. The second-order valence-electron chi connectivity index (χ2n) is 9.50. The van der Waals surface area contributed by atoms with Crippen LogP contribution in [0.4, 0.5) is 4.79 Å². The molecule has 2 saturated carbocycles. The molecule has 3 aromatic rings. The molecule has 1 aromatic carbocycles. The van der Waals surface area contributed by atoms with E-state index in [4.69, 9.17) is 24.4 Å². The van der Waals surface area contributed by atoms with Crippen molar-refractivity contribution < 1.29 is 33.0 Å². The van der Waals surface area contributed by atoms with Crippen LogP contribution in [0.5, 0.6) is 0 Å². The summed E-state index contributed by atoms with van der Waals surface area (Å²) in [5, 5.41) is 17.3. The molecule has 1 amide bonds. The highest BCUT2D eigenvalue weighted by Gasteiger charge is 2.31. The van der Waals surface area contributed by atoms with E-state index < -0.39 is 17.4 Å². The van der Waals surface area contributed by atoms with E-state index in [1.54, 1.807) is 7.05 Å². The molecule has 2 aliphatic carbocycles. The molecule has 2 fully saturated rings. The zero-order valence-corrected chi connectivity index (χ0v) is 21.5. The fourth-order valence-electron chi connectivity index (χ4n) is 4.31. The Bertz CT molecular complexity index is 1310.